The Bertz CT molecular complexity index is 1180. The molecular weight excluding hydrogens is 402 g/mol. The van der Waals surface area contributed by atoms with E-state index in [1.54, 1.807) is 14.2 Å². The zero-order valence-electron chi connectivity index (χ0n) is 18.6. The van der Waals surface area contributed by atoms with Crippen molar-refractivity contribution in [1.82, 2.24) is 0 Å². The quantitative estimate of drug-likeness (QED) is 0.557. The molecule has 32 heavy (non-hydrogen) atoms. The Morgan fingerprint density at radius 1 is 0.938 bits per heavy atom. The molecule has 0 aliphatic carbocycles. The molecule has 0 saturated heterocycles. The number of rotatable bonds is 4. The Balaban J connectivity index is 1.51. The van der Waals surface area contributed by atoms with Crippen LogP contribution in [0.25, 0.3) is 0 Å². The zero-order chi connectivity index (χ0) is 21.7. The Hall–Kier alpha value is -3.18. The molecule has 0 spiro atoms. The molecule has 0 bridgehead atoms. The average Bonchev–Trinajstić information content (AvgIpc) is 3.29. The van der Waals surface area contributed by atoms with Gasteiger partial charge in [-0.2, -0.15) is 0 Å². The van der Waals surface area contributed by atoms with Gasteiger partial charge in [0.05, 0.1) is 26.3 Å². The second-order valence-corrected chi connectivity index (χ2v) is 9.06. The van der Waals surface area contributed by atoms with Crippen LogP contribution in [-0.4, -0.2) is 32.0 Å². The van der Waals surface area contributed by atoms with E-state index in [4.69, 9.17) is 18.9 Å². The van der Waals surface area contributed by atoms with E-state index in [2.05, 4.69) is 48.5 Å². The van der Waals surface area contributed by atoms with Crippen molar-refractivity contribution in [2.24, 2.45) is 0 Å². The molecule has 3 aromatic rings. The van der Waals surface area contributed by atoms with Crippen LogP contribution >= 0.6 is 0 Å². The predicted molar refractivity (Wildman–Crippen MR) is 121 cm³/mol. The lowest BCUT2D eigenvalue weighted by Crippen LogP contribution is -2.55. The van der Waals surface area contributed by atoms with Crippen molar-refractivity contribution in [1.29, 1.82) is 0 Å². The number of nitrogens with zero attached hydrogens (tertiary/aromatic N) is 1. The van der Waals surface area contributed by atoms with E-state index in [0.29, 0.717) is 12.8 Å². The van der Waals surface area contributed by atoms with Crippen LogP contribution < -0.4 is 18.9 Å². The van der Waals surface area contributed by atoms with E-state index in [1.165, 1.54) is 27.8 Å². The van der Waals surface area contributed by atoms with Crippen LogP contribution in [0.1, 0.15) is 33.9 Å². The molecule has 164 valence electrons. The summed E-state index contributed by atoms with van der Waals surface area (Å²) in [6, 6.07) is 19.9. The lowest BCUT2D eigenvalue weighted by atomic mass is 9.80. The summed E-state index contributed by atoms with van der Waals surface area (Å²) >= 11 is 0. The van der Waals surface area contributed by atoms with E-state index in [0.717, 1.165) is 60.0 Å². The largest absolute Gasteiger partial charge is 0.493 e. The first-order valence-electron chi connectivity index (χ1n) is 11.3. The van der Waals surface area contributed by atoms with Gasteiger partial charge in [-0.25, -0.2) is 0 Å². The summed E-state index contributed by atoms with van der Waals surface area (Å²) in [7, 11) is 3.46. The molecule has 3 aliphatic heterocycles. The Labute approximate surface area is 188 Å². The molecule has 0 aromatic heterocycles. The normalized spacial score (nSPS) is 22.5. The fraction of sp³-hybridized carbons (Fsp3) is 0.333. The monoisotopic (exact) mass is 430 g/mol. The van der Waals surface area contributed by atoms with E-state index < -0.39 is 0 Å². The van der Waals surface area contributed by atoms with Gasteiger partial charge in [-0.15, -0.1) is 0 Å². The average molecular weight is 431 g/mol. The van der Waals surface area contributed by atoms with Gasteiger partial charge in [0.15, 0.2) is 23.0 Å². The Morgan fingerprint density at radius 3 is 2.53 bits per heavy atom. The first kappa shape index (κ1) is 19.5. The summed E-state index contributed by atoms with van der Waals surface area (Å²) in [5, 5.41) is 0. The third-order valence-corrected chi connectivity index (χ3v) is 7.45. The lowest BCUT2D eigenvalue weighted by molar-refractivity contribution is -0.985. The van der Waals surface area contributed by atoms with Gasteiger partial charge in [-0.3, -0.25) is 0 Å². The van der Waals surface area contributed by atoms with E-state index in [-0.39, 0.29) is 0 Å². The van der Waals surface area contributed by atoms with Crippen LogP contribution in [0.4, 0.5) is 0 Å². The molecule has 0 N–H and O–H groups in total. The second-order valence-electron chi connectivity index (χ2n) is 9.06. The van der Waals surface area contributed by atoms with Crippen molar-refractivity contribution in [3.8, 4) is 23.0 Å². The van der Waals surface area contributed by atoms with Gasteiger partial charge in [-0.1, -0.05) is 36.4 Å². The van der Waals surface area contributed by atoms with Crippen molar-refractivity contribution in [2.45, 2.75) is 32.0 Å². The minimum absolute atomic E-state index is 0.312. The summed E-state index contributed by atoms with van der Waals surface area (Å²) in [4.78, 5) is 0. The first-order valence-corrected chi connectivity index (χ1v) is 11.3. The smallest absolute Gasteiger partial charge is 0.231 e. The number of quaternary nitrogens is 1. The number of methoxy groups -OCH3 is 2. The SMILES string of the molecule is COc1ccc2c(c1OC)C[N@@+]1(Cc3ccccc3)CCc3cc4c(cc3[C@H]1C2)OCO4. The predicted octanol–water partition coefficient (Wildman–Crippen LogP) is 4.80. The molecule has 3 aliphatic rings. The number of benzene rings is 3. The molecule has 2 atom stereocenters. The zero-order valence-corrected chi connectivity index (χ0v) is 18.6. The topological polar surface area (TPSA) is 36.9 Å². The number of ether oxygens (including phenoxy) is 4. The van der Waals surface area contributed by atoms with Crippen LogP contribution in [0.15, 0.2) is 54.6 Å². The molecule has 6 rings (SSSR count). The maximum Gasteiger partial charge on any atom is 0.231 e. The molecule has 0 saturated carbocycles. The lowest BCUT2D eigenvalue weighted by Gasteiger charge is -2.51. The summed E-state index contributed by atoms with van der Waals surface area (Å²) in [5.74, 6) is 3.45. The van der Waals surface area contributed by atoms with Crippen LogP contribution in [0.5, 0.6) is 23.0 Å². The number of fused-ring (bicyclic) bond motifs is 5. The summed E-state index contributed by atoms with van der Waals surface area (Å²) in [5.41, 5.74) is 6.79. The molecular formula is C27H28NO4+. The summed E-state index contributed by atoms with van der Waals surface area (Å²) < 4.78 is 23.9. The maximum absolute atomic E-state index is 5.87. The van der Waals surface area contributed by atoms with Crippen molar-refractivity contribution < 1.29 is 23.4 Å². The minimum Gasteiger partial charge on any atom is -0.493 e. The minimum atomic E-state index is 0.312. The van der Waals surface area contributed by atoms with Crippen LogP contribution in [-0.2, 0) is 25.9 Å². The highest BCUT2D eigenvalue weighted by Gasteiger charge is 2.47. The summed E-state index contributed by atoms with van der Waals surface area (Å²) in [6.07, 6.45) is 1.99. The Morgan fingerprint density at radius 2 is 1.75 bits per heavy atom. The van der Waals surface area contributed by atoms with Gasteiger partial charge in [0.1, 0.15) is 19.1 Å². The standard InChI is InChI=1S/C27H28NO4/c1-29-24-9-8-19-12-23-21-14-26-25(31-17-32-26)13-20(21)10-11-28(23,16-22(19)27(24)30-2)15-18-6-4-3-5-7-18/h3-9,13-14,23H,10-12,15-17H2,1-2H3/q+1/t23-,28+/m1/s1. The van der Waals surface area contributed by atoms with E-state index in [9.17, 15) is 0 Å². The highest BCUT2D eigenvalue weighted by atomic mass is 16.7. The molecule has 5 nitrogen and oxygen atoms in total. The van der Waals surface area contributed by atoms with Gasteiger partial charge in [-0.05, 0) is 29.3 Å². The first-order chi connectivity index (χ1) is 15.7. The van der Waals surface area contributed by atoms with Crippen molar-refractivity contribution in [3.63, 3.8) is 0 Å². The molecule has 0 amide bonds. The van der Waals surface area contributed by atoms with Gasteiger partial charge in [0, 0.05) is 24.0 Å². The highest BCUT2D eigenvalue weighted by Crippen LogP contribution is 2.51. The van der Waals surface area contributed by atoms with E-state index >= 15 is 0 Å². The van der Waals surface area contributed by atoms with Gasteiger partial charge >= 0.3 is 0 Å². The van der Waals surface area contributed by atoms with Crippen molar-refractivity contribution in [3.05, 3.63) is 82.4 Å². The van der Waals surface area contributed by atoms with Crippen LogP contribution in [0.3, 0.4) is 0 Å². The Kier molecular flexibility index (Phi) is 4.54. The van der Waals surface area contributed by atoms with E-state index in [1.807, 2.05) is 6.07 Å². The van der Waals surface area contributed by atoms with Crippen molar-refractivity contribution in [2.75, 3.05) is 27.6 Å². The van der Waals surface area contributed by atoms with Crippen LogP contribution in [0.2, 0.25) is 0 Å². The molecule has 0 unspecified atom stereocenters. The van der Waals surface area contributed by atoms with Crippen LogP contribution in [0, 0.1) is 0 Å². The maximum atomic E-state index is 5.87. The second kappa shape index (κ2) is 7.45. The molecule has 0 radical (unpaired) electrons. The van der Waals surface area contributed by atoms with Gasteiger partial charge < -0.3 is 23.4 Å². The molecule has 3 aromatic carbocycles. The third-order valence-electron chi connectivity index (χ3n) is 7.45. The molecule has 0 fully saturated rings. The highest BCUT2D eigenvalue weighted by molar-refractivity contribution is 5.54. The fourth-order valence-electron chi connectivity index (χ4n) is 5.92. The third kappa shape index (κ3) is 2.95. The van der Waals surface area contributed by atoms with Gasteiger partial charge in [0.25, 0.3) is 0 Å². The van der Waals surface area contributed by atoms with Gasteiger partial charge in [0.2, 0.25) is 6.79 Å². The number of hydrogen-bond donors (Lipinski definition) is 0. The fourth-order valence-corrected chi connectivity index (χ4v) is 5.92. The molecule has 3 heterocycles. The molecule has 5 heteroatoms. The summed E-state index contributed by atoms with van der Waals surface area (Å²) in [6.45, 7) is 3.29. The van der Waals surface area contributed by atoms with Crippen molar-refractivity contribution >= 4 is 0 Å². The number of hydrogen-bond acceptors (Lipinski definition) is 4.